The van der Waals surface area contributed by atoms with E-state index in [1.54, 1.807) is 6.07 Å². The molecule has 0 saturated heterocycles. The molecule has 0 saturated carbocycles. The zero-order valence-corrected chi connectivity index (χ0v) is 7.97. The van der Waals surface area contributed by atoms with Crippen molar-refractivity contribution in [3.05, 3.63) is 23.9 Å². The second-order valence-electron chi connectivity index (χ2n) is 3.26. The summed E-state index contributed by atoms with van der Waals surface area (Å²) in [5.41, 5.74) is 0.550. The van der Waals surface area contributed by atoms with Gasteiger partial charge in [-0.15, -0.1) is 0 Å². The fourth-order valence-electron chi connectivity index (χ4n) is 1.55. The van der Waals surface area contributed by atoms with Gasteiger partial charge in [-0.25, -0.2) is 9.98 Å². The highest BCUT2D eigenvalue weighted by Crippen LogP contribution is 2.26. The Hall–Kier alpha value is -2.04. The number of nitrogens with zero attached hydrogens (tertiary/aromatic N) is 2. The fraction of sp³-hybridized carbons (Fsp3) is 0.200. The fourth-order valence-corrected chi connectivity index (χ4v) is 1.55. The van der Waals surface area contributed by atoms with E-state index in [0.717, 1.165) is 0 Å². The second-order valence-corrected chi connectivity index (χ2v) is 3.26. The van der Waals surface area contributed by atoms with E-state index in [2.05, 4.69) is 9.98 Å². The van der Waals surface area contributed by atoms with E-state index in [0.29, 0.717) is 5.82 Å². The number of aliphatic imine (C=N–C) groups is 1. The summed E-state index contributed by atoms with van der Waals surface area (Å²) in [6, 6.07) is 3.13. The maximum atomic E-state index is 11.8. The molecule has 5 nitrogen and oxygen atoms in total. The van der Waals surface area contributed by atoms with Crippen LogP contribution in [0.4, 0.5) is 5.82 Å². The Labute approximate surface area is 85.5 Å². The van der Waals surface area contributed by atoms with E-state index in [9.17, 15) is 9.59 Å². The smallest absolute Gasteiger partial charge is 0.320 e. The van der Waals surface area contributed by atoms with Crippen molar-refractivity contribution in [1.29, 1.82) is 0 Å². The molecule has 0 amide bonds. The number of Topliss-reactive ketones (excluding diaryl/α,β-unsaturated/α-hetero) is 1. The molecule has 1 aromatic heterocycles. The predicted molar refractivity (Wildman–Crippen MR) is 52.5 cm³/mol. The standard InChI is InChI=1S/C10H8N2O3/c1-5-7(10(14)15)8(13)6-3-2-4-11-9(6)12-5/h2-4,7H,1H3,(H,14,15). The first-order chi connectivity index (χ1) is 7.11. The van der Waals surface area contributed by atoms with Crippen LogP contribution in [0.2, 0.25) is 0 Å². The predicted octanol–water partition coefficient (Wildman–Crippen LogP) is 1.07. The molecular weight excluding hydrogens is 196 g/mol. The van der Waals surface area contributed by atoms with Gasteiger partial charge in [0.25, 0.3) is 0 Å². The number of aliphatic carboxylic acids is 1. The number of carboxylic acid groups (broad SMARTS) is 1. The number of fused-ring (bicyclic) bond motifs is 1. The summed E-state index contributed by atoms with van der Waals surface area (Å²) in [6.07, 6.45) is 1.52. The van der Waals surface area contributed by atoms with Crippen molar-refractivity contribution in [2.45, 2.75) is 6.92 Å². The highest BCUT2D eigenvalue weighted by molar-refractivity contribution is 6.26. The van der Waals surface area contributed by atoms with Gasteiger partial charge in [0.15, 0.2) is 17.5 Å². The first-order valence-corrected chi connectivity index (χ1v) is 4.38. The van der Waals surface area contributed by atoms with Gasteiger partial charge in [0.2, 0.25) is 0 Å². The van der Waals surface area contributed by atoms with Gasteiger partial charge < -0.3 is 5.11 Å². The Balaban J connectivity index is 2.59. The van der Waals surface area contributed by atoms with Crippen molar-refractivity contribution < 1.29 is 14.7 Å². The third-order valence-corrected chi connectivity index (χ3v) is 2.26. The molecule has 1 N–H and O–H groups in total. The lowest BCUT2D eigenvalue weighted by atomic mass is 9.91. The van der Waals surface area contributed by atoms with Crippen LogP contribution in [0.3, 0.4) is 0 Å². The summed E-state index contributed by atoms with van der Waals surface area (Å²) >= 11 is 0. The maximum absolute atomic E-state index is 11.8. The number of carbonyl (C=O) groups excluding carboxylic acids is 1. The van der Waals surface area contributed by atoms with Gasteiger partial charge in [0, 0.05) is 11.9 Å². The molecule has 0 spiro atoms. The molecule has 0 radical (unpaired) electrons. The number of hydrogen-bond acceptors (Lipinski definition) is 4. The summed E-state index contributed by atoms with van der Waals surface area (Å²) in [4.78, 5) is 30.5. The van der Waals surface area contributed by atoms with Crippen molar-refractivity contribution in [2.75, 3.05) is 0 Å². The number of rotatable bonds is 1. The van der Waals surface area contributed by atoms with Crippen molar-refractivity contribution in [3.8, 4) is 0 Å². The van der Waals surface area contributed by atoms with Gasteiger partial charge in [-0.2, -0.15) is 0 Å². The van der Waals surface area contributed by atoms with Crippen LogP contribution in [0.25, 0.3) is 0 Å². The SMILES string of the molecule is CC1=Nc2ncccc2C(=O)C1C(=O)O. The summed E-state index contributed by atoms with van der Waals surface area (Å²) in [5.74, 6) is -2.48. The van der Waals surface area contributed by atoms with Gasteiger partial charge in [-0.1, -0.05) is 0 Å². The van der Waals surface area contributed by atoms with E-state index in [1.807, 2.05) is 0 Å². The number of carboxylic acids is 1. The molecule has 0 aliphatic carbocycles. The molecule has 76 valence electrons. The third-order valence-electron chi connectivity index (χ3n) is 2.26. The molecule has 0 fully saturated rings. The summed E-state index contributed by atoms with van der Waals surface area (Å²) in [6.45, 7) is 1.52. The van der Waals surface area contributed by atoms with Crippen molar-refractivity contribution in [3.63, 3.8) is 0 Å². The van der Waals surface area contributed by atoms with Gasteiger partial charge in [-0.05, 0) is 19.1 Å². The molecular formula is C10H8N2O3. The van der Waals surface area contributed by atoms with Crippen molar-refractivity contribution >= 4 is 23.3 Å². The summed E-state index contributed by atoms with van der Waals surface area (Å²) in [7, 11) is 0. The molecule has 2 heterocycles. The molecule has 1 unspecified atom stereocenters. The minimum absolute atomic E-state index is 0.274. The summed E-state index contributed by atoms with van der Waals surface area (Å²) < 4.78 is 0. The quantitative estimate of drug-likeness (QED) is 0.694. The van der Waals surface area contributed by atoms with E-state index in [-0.39, 0.29) is 11.3 Å². The zero-order chi connectivity index (χ0) is 11.0. The van der Waals surface area contributed by atoms with Crippen LogP contribution in [0.1, 0.15) is 17.3 Å². The average molecular weight is 204 g/mol. The highest BCUT2D eigenvalue weighted by Gasteiger charge is 2.35. The van der Waals surface area contributed by atoms with Crippen LogP contribution >= 0.6 is 0 Å². The molecule has 15 heavy (non-hydrogen) atoms. The van der Waals surface area contributed by atoms with Crippen molar-refractivity contribution in [1.82, 2.24) is 4.98 Å². The van der Waals surface area contributed by atoms with Crippen LogP contribution in [0.15, 0.2) is 23.3 Å². The number of ketones is 1. The Morgan fingerprint density at radius 1 is 1.53 bits per heavy atom. The van der Waals surface area contributed by atoms with Gasteiger partial charge in [0.05, 0.1) is 5.56 Å². The van der Waals surface area contributed by atoms with E-state index in [4.69, 9.17) is 5.11 Å². The van der Waals surface area contributed by atoms with Gasteiger partial charge >= 0.3 is 5.97 Å². The Bertz CT molecular complexity index is 479. The van der Waals surface area contributed by atoms with Crippen LogP contribution in [0.5, 0.6) is 0 Å². The zero-order valence-electron chi connectivity index (χ0n) is 7.97. The third kappa shape index (κ3) is 1.41. The molecule has 2 rings (SSSR count). The first-order valence-electron chi connectivity index (χ1n) is 4.38. The van der Waals surface area contributed by atoms with Crippen LogP contribution in [-0.4, -0.2) is 27.6 Å². The largest absolute Gasteiger partial charge is 0.480 e. The van der Waals surface area contributed by atoms with E-state index >= 15 is 0 Å². The topological polar surface area (TPSA) is 79.6 Å². The van der Waals surface area contributed by atoms with Gasteiger partial charge in [-0.3, -0.25) is 9.59 Å². The van der Waals surface area contributed by atoms with Crippen LogP contribution in [0, 0.1) is 5.92 Å². The minimum Gasteiger partial charge on any atom is -0.480 e. The average Bonchev–Trinajstić information content (AvgIpc) is 2.17. The molecule has 5 heteroatoms. The molecule has 1 atom stereocenters. The number of aromatic nitrogens is 1. The Kier molecular flexibility index (Phi) is 2.07. The monoisotopic (exact) mass is 204 g/mol. The number of hydrogen-bond donors (Lipinski definition) is 1. The molecule has 1 aliphatic heterocycles. The van der Waals surface area contributed by atoms with Gasteiger partial charge in [0.1, 0.15) is 0 Å². The molecule has 1 aromatic rings. The minimum atomic E-state index is -1.17. The maximum Gasteiger partial charge on any atom is 0.320 e. The first kappa shape index (κ1) is 9.51. The number of pyridine rings is 1. The van der Waals surface area contributed by atoms with Crippen molar-refractivity contribution in [2.24, 2.45) is 10.9 Å². The van der Waals surface area contributed by atoms with E-state index in [1.165, 1.54) is 19.2 Å². The van der Waals surface area contributed by atoms with Crippen LogP contribution in [-0.2, 0) is 4.79 Å². The lowest BCUT2D eigenvalue weighted by Crippen LogP contribution is -2.32. The molecule has 0 bridgehead atoms. The lowest BCUT2D eigenvalue weighted by molar-refractivity contribution is -0.137. The molecule has 1 aliphatic rings. The number of carbonyl (C=O) groups is 2. The second kappa shape index (κ2) is 3.27. The summed E-state index contributed by atoms with van der Waals surface area (Å²) in [5, 5.41) is 8.88. The Morgan fingerprint density at radius 3 is 2.93 bits per heavy atom. The van der Waals surface area contributed by atoms with E-state index < -0.39 is 17.7 Å². The highest BCUT2D eigenvalue weighted by atomic mass is 16.4. The molecule has 0 aromatic carbocycles. The Morgan fingerprint density at radius 2 is 2.27 bits per heavy atom. The normalized spacial score (nSPS) is 19.4. The van der Waals surface area contributed by atoms with Crippen LogP contribution < -0.4 is 0 Å². The lowest BCUT2D eigenvalue weighted by Gasteiger charge is -2.16.